The maximum Gasteiger partial charge on any atom is 0.258 e. The lowest BCUT2D eigenvalue weighted by atomic mass is 10.2. The molecule has 0 aliphatic rings. The first-order valence-electron chi connectivity index (χ1n) is 4.74. The van der Waals surface area contributed by atoms with Crippen LogP contribution in [0.5, 0.6) is 0 Å². The quantitative estimate of drug-likeness (QED) is 0.886. The molecule has 0 aliphatic heterocycles. The van der Waals surface area contributed by atoms with E-state index in [0.717, 1.165) is 0 Å². The molecule has 5 heteroatoms. The number of nitrogens with zero attached hydrogens (tertiary/aromatic N) is 1. The molecule has 0 spiro atoms. The highest BCUT2D eigenvalue weighted by atomic mass is 35.5. The minimum atomic E-state index is -0.350. The molecule has 0 saturated heterocycles. The average molecular weight is 247 g/mol. The van der Waals surface area contributed by atoms with Gasteiger partial charge in [-0.3, -0.25) is 4.79 Å². The Kier molecular flexibility index (Phi) is 3.12. The topological polar surface area (TPSA) is 66.0 Å². The van der Waals surface area contributed by atoms with Gasteiger partial charge in [0.05, 0.1) is 23.1 Å². The fraction of sp³-hybridized carbons (Fsp3) is 0. The van der Waals surface area contributed by atoms with Crippen molar-refractivity contribution < 1.29 is 9.21 Å². The number of hydrogen-bond donors (Lipinski definition) is 1. The Labute approximate surface area is 102 Å². The molecule has 1 aromatic heterocycles. The van der Waals surface area contributed by atoms with Crippen LogP contribution in [0.1, 0.15) is 15.9 Å². The molecule has 1 aromatic carbocycles. The van der Waals surface area contributed by atoms with Crippen molar-refractivity contribution >= 4 is 23.2 Å². The number of benzene rings is 1. The van der Waals surface area contributed by atoms with E-state index in [2.05, 4.69) is 5.32 Å². The highest BCUT2D eigenvalue weighted by Crippen LogP contribution is 2.21. The smallest absolute Gasteiger partial charge is 0.258 e. The summed E-state index contributed by atoms with van der Waals surface area (Å²) in [6.07, 6.45) is 2.73. The molecule has 2 aromatic rings. The van der Waals surface area contributed by atoms with E-state index in [0.29, 0.717) is 21.8 Å². The number of anilines is 1. The van der Waals surface area contributed by atoms with Crippen molar-refractivity contribution in [2.24, 2.45) is 0 Å². The number of rotatable bonds is 2. The van der Waals surface area contributed by atoms with Crippen LogP contribution in [0.25, 0.3) is 0 Å². The largest absolute Gasteiger partial charge is 0.472 e. The van der Waals surface area contributed by atoms with Crippen LogP contribution >= 0.6 is 11.6 Å². The number of amides is 1. The molecule has 0 fully saturated rings. The second-order valence-corrected chi connectivity index (χ2v) is 3.70. The zero-order valence-corrected chi connectivity index (χ0v) is 9.36. The second-order valence-electron chi connectivity index (χ2n) is 3.27. The van der Waals surface area contributed by atoms with Crippen molar-refractivity contribution in [1.29, 1.82) is 5.26 Å². The number of carbonyl (C=O) groups excluding carboxylic acids is 1. The number of furan rings is 1. The van der Waals surface area contributed by atoms with E-state index < -0.39 is 0 Å². The standard InChI is InChI=1S/C12H7ClN2O2/c13-10-2-1-8(6-14)11(5-10)15-12(16)9-3-4-17-7-9/h1-5,7H,(H,15,16). The van der Waals surface area contributed by atoms with Crippen LogP contribution < -0.4 is 5.32 Å². The van der Waals surface area contributed by atoms with Crippen molar-refractivity contribution in [2.45, 2.75) is 0 Å². The van der Waals surface area contributed by atoms with Gasteiger partial charge in [0, 0.05) is 5.02 Å². The SMILES string of the molecule is N#Cc1ccc(Cl)cc1NC(=O)c1ccoc1. The van der Waals surface area contributed by atoms with E-state index in [1.54, 1.807) is 12.1 Å². The first kappa shape index (κ1) is 11.2. The monoisotopic (exact) mass is 246 g/mol. The minimum Gasteiger partial charge on any atom is -0.472 e. The lowest BCUT2D eigenvalue weighted by molar-refractivity contribution is 0.102. The van der Waals surface area contributed by atoms with Gasteiger partial charge in [0.25, 0.3) is 5.91 Å². The van der Waals surface area contributed by atoms with Crippen molar-refractivity contribution in [1.82, 2.24) is 0 Å². The van der Waals surface area contributed by atoms with Gasteiger partial charge in [0.2, 0.25) is 0 Å². The van der Waals surface area contributed by atoms with Gasteiger partial charge in [-0.2, -0.15) is 5.26 Å². The molecule has 2 rings (SSSR count). The van der Waals surface area contributed by atoms with Crippen LogP contribution in [0.3, 0.4) is 0 Å². The average Bonchev–Trinajstić information content (AvgIpc) is 2.83. The molecule has 84 valence electrons. The van der Waals surface area contributed by atoms with Crippen LogP contribution in [-0.4, -0.2) is 5.91 Å². The third-order valence-corrected chi connectivity index (χ3v) is 2.37. The lowest BCUT2D eigenvalue weighted by Gasteiger charge is -2.05. The molecule has 0 radical (unpaired) electrons. The Hall–Kier alpha value is -2.25. The van der Waals surface area contributed by atoms with Crippen LogP contribution in [0.2, 0.25) is 5.02 Å². The van der Waals surface area contributed by atoms with Gasteiger partial charge in [0.15, 0.2) is 0 Å². The maximum absolute atomic E-state index is 11.7. The van der Waals surface area contributed by atoms with Gasteiger partial charge in [-0.05, 0) is 24.3 Å². The number of halogens is 1. The van der Waals surface area contributed by atoms with Crippen LogP contribution in [0, 0.1) is 11.3 Å². The van der Waals surface area contributed by atoms with Gasteiger partial charge in [0.1, 0.15) is 12.3 Å². The first-order chi connectivity index (χ1) is 8.20. The molecule has 0 saturated carbocycles. The summed E-state index contributed by atoms with van der Waals surface area (Å²) in [5, 5.41) is 11.9. The van der Waals surface area contributed by atoms with E-state index >= 15 is 0 Å². The molecule has 1 heterocycles. The van der Waals surface area contributed by atoms with Crippen molar-refractivity contribution in [3.8, 4) is 6.07 Å². The minimum absolute atomic E-state index is 0.350. The Bertz CT molecular complexity index is 585. The molecular weight excluding hydrogens is 240 g/mol. The molecule has 17 heavy (non-hydrogen) atoms. The van der Waals surface area contributed by atoms with Gasteiger partial charge < -0.3 is 9.73 Å². The van der Waals surface area contributed by atoms with Crippen molar-refractivity contribution in [3.05, 3.63) is 52.9 Å². The molecule has 4 nitrogen and oxygen atoms in total. The van der Waals surface area contributed by atoms with E-state index in [1.807, 2.05) is 6.07 Å². The predicted molar refractivity (Wildman–Crippen MR) is 62.8 cm³/mol. The molecule has 0 atom stereocenters. The van der Waals surface area contributed by atoms with Gasteiger partial charge in [-0.25, -0.2) is 0 Å². The molecule has 1 N–H and O–H groups in total. The van der Waals surface area contributed by atoms with Gasteiger partial charge >= 0.3 is 0 Å². The predicted octanol–water partition coefficient (Wildman–Crippen LogP) is 3.06. The number of hydrogen-bond acceptors (Lipinski definition) is 3. The second kappa shape index (κ2) is 4.73. The fourth-order valence-electron chi connectivity index (χ4n) is 1.31. The van der Waals surface area contributed by atoms with Gasteiger partial charge in [-0.15, -0.1) is 0 Å². The van der Waals surface area contributed by atoms with Crippen LogP contribution in [0.4, 0.5) is 5.69 Å². The van der Waals surface area contributed by atoms with Gasteiger partial charge in [-0.1, -0.05) is 11.6 Å². The Morgan fingerprint density at radius 3 is 2.88 bits per heavy atom. The molecule has 1 amide bonds. The Balaban J connectivity index is 2.27. The summed E-state index contributed by atoms with van der Waals surface area (Å²) >= 11 is 5.80. The number of nitriles is 1. The van der Waals surface area contributed by atoms with E-state index in [9.17, 15) is 4.79 Å². The van der Waals surface area contributed by atoms with E-state index in [1.165, 1.54) is 24.7 Å². The molecule has 0 bridgehead atoms. The third-order valence-electron chi connectivity index (χ3n) is 2.13. The summed E-state index contributed by atoms with van der Waals surface area (Å²) in [6.45, 7) is 0. The zero-order chi connectivity index (χ0) is 12.3. The van der Waals surface area contributed by atoms with Crippen LogP contribution in [0.15, 0.2) is 41.2 Å². The molecular formula is C12H7ClN2O2. The Morgan fingerprint density at radius 2 is 2.24 bits per heavy atom. The fourth-order valence-corrected chi connectivity index (χ4v) is 1.48. The highest BCUT2D eigenvalue weighted by Gasteiger charge is 2.10. The lowest BCUT2D eigenvalue weighted by Crippen LogP contribution is -2.11. The normalized spacial score (nSPS) is 9.65. The third kappa shape index (κ3) is 2.47. The Morgan fingerprint density at radius 1 is 1.41 bits per heavy atom. The maximum atomic E-state index is 11.7. The summed E-state index contributed by atoms with van der Waals surface area (Å²) in [5.41, 5.74) is 1.12. The molecule has 0 aliphatic carbocycles. The van der Waals surface area contributed by atoms with E-state index in [4.69, 9.17) is 21.3 Å². The van der Waals surface area contributed by atoms with Crippen molar-refractivity contribution in [2.75, 3.05) is 5.32 Å². The summed E-state index contributed by atoms with van der Waals surface area (Å²) in [7, 11) is 0. The highest BCUT2D eigenvalue weighted by molar-refractivity contribution is 6.31. The first-order valence-corrected chi connectivity index (χ1v) is 5.11. The summed E-state index contributed by atoms with van der Waals surface area (Å²) in [4.78, 5) is 11.7. The number of nitrogens with one attached hydrogen (secondary N) is 1. The number of carbonyl (C=O) groups is 1. The summed E-state index contributed by atoms with van der Waals surface area (Å²) in [5.74, 6) is -0.350. The zero-order valence-electron chi connectivity index (χ0n) is 8.61. The molecule has 0 unspecified atom stereocenters. The summed E-state index contributed by atoms with van der Waals surface area (Å²) in [6, 6.07) is 8.18. The van der Waals surface area contributed by atoms with E-state index in [-0.39, 0.29) is 5.91 Å². The van der Waals surface area contributed by atoms with Crippen LogP contribution in [-0.2, 0) is 0 Å². The summed E-state index contributed by atoms with van der Waals surface area (Å²) < 4.78 is 4.80. The van der Waals surface area contributed by atoms with Crippen molar-refractivity contribution in [3.63, 3.8) is 0 Å².